The van der Waals surface area contributed by atoms with Crippen LogP contribution in [0.4, 0.5) is 0 Å². The Morgan fingerprint density at radius 1 is 1.35 bits per heavy atom. The van der Waals surface area contributed by atoms with Gasteiger partial charge >= 0.3 is 0 Å². The van der Waals surface area contributed by atoms with Crippen LogP contribution in [0.1, 0.15) is 36.8 Å². The van der Waals surface area contributed by atoms with E-state index in [9.17, 15) is 5.11 Å². The van der Waals surface area contributed by atoms with Crippen LogP contribution in [0.5, 0.6) is 5.75 Å². The Bertz CT molecular complexity index is 395. The number of benzene rings is 1. The highest BCUT2D eigenvalue weighted by atomic mass is 16.5. The van der Waals surface area contributed by atoms with Crippen molar-refractivity contribution >= 4 is 0 Å². The summed E-state index contributed by atoms with van der Waals surface area (Å²) in [5.74, 6) is 0.866. The molecule has 1 fully saturated rings. The van der Waals surface area contributed by atoms with E-state index in [0.717, 1.165) is 31.4 Å². The lowest BCUT2D eigenvalue weighted by molar-refractivity contribution is 0.0967. The van der Waals surface area contributed by atoms with E-state index in [1.807, 2.05) is 12.1 Å². The molecule has 0 spiro atoms. The minimum absolute atomic E-state index is 0.176. The summed E-state index contributed by atoms with van der Waals surface area (Å²) >= 11 is 0. The van der Waals surface area contributed by atoms with Gasteiger partial charge in [-0.3, -0.25) is 0 Å². The third-order valence-electron chi connectivity index (χ3n) is 3.82. The summed E-state index contributed by atoms with van der Waals surface area (Å²) in [6, 6.07) is 6.04. The van der Waals surface area contributed by atoms with Gasteiger partial charge in [0.25, 0.3) is 0 Å². The lowest BCUT2D eigenvalue weighted by Crippen LogP contribution is -2.42. The Labute approximate surface area is 103 Å². The number of hydrogen-bond acceptors (Lipinski definition) is 3. The van der Waals surface area contributed by atoms with E-state index in [2.05, 4.69) is 13.0 Å². The van der Waals surface area contributed by atoms with E-state index in [0.29, 0.717) is 0 Å². The van der Waals surface area contributed by atoms with Crippen LogP contribution < -0.4 is 10.5 Å². The molecule has 3 nitrogen and oxygen atoms in total. The van der Waals surface area contributed by atoms with Crippen LogP contribution in [-0.2, 0) is 5.54 Å². The molecule has 0 saturated heterocycles. The largest absolute Gasteiger partial charge is 0.497 e. The van der Waals surface area contributed by atoms with Gasteiger partial charge in [0.2, 0.25) is 0 Å². The molecular weight excluding hydrogens is 214 g/mol. The van der Waals surface area contributed by atoms with Crippen LogP contribution >= 0.6 is 0 Å². The van der Waals surface area contributed by atoms with Crippen molar-refractivity contribution in [2.45, 2.75) is 44.2 Å². The monoisotopic (exact) mass is 235 g/mol. The number of aryl methyl sites for hydroxylation is 1. The molecule has 0 amide bonds. The van der Waals surface area contributed by atoms with E-state index in [4.69, 9.17) is 10.5 Å². The predicted molar refractivity (Wildman–Crippen MR) is 68.1 cm³/mol. The Kier molecular flexibility index (Phi) is 3.40. The zero-order valence-corrected chi connectivity index (χ0v) is 10.6. The molecule has 1 aliphatic rings. The Morgan fingerprint density at radius 2 is 2.00 bits per heavy atom. The van der Waals surface area contributed by atoms with Crippen LogP contribution in [0.2, 0.25) is 0 Å². The lowest BCUT2D eigenvalue weighted by Gasteiger charge is -2.37. The van der Waals surface area contributed by atoms with Gasteiger partial charge in [-0.05, 0) is 55.9 Å². The van der Waals surface area contributed by atoms with Gasteiger partial charge in [-0.25, -0.2) is 0 Å². The Balaban J connectivity index is 2.27. The highest BCUT2D eigenvalue weighted by Crippen LogP contribution is 2.37. The van der Waals surface area contributed by atoms with E-state index < -0.39 is 0 Å². The maximum Gasteiger partial charge on any atom is 0.119 e. The third-order valence-corrected chi connectivity index (χ3v) is 3.82. The molecule has 3 N–H and O–H groups in total. The number of hydrogen-bond donors (Lipinski definition) is 2. The first kappa shape index (κ1) is 12.4. The van der Waals surface area contributed by atoms with Crippen LogP contribution in [0.3, 0.4) is 0 Å². The molecule has 0 aromatic heterocycles. The predicted octanol–water partition coefficient (Wildman–Crippen LogP) is 2.09. The molecule has 1 aliphatic carbocycles. The van der Waals surface area contributed by atoms with Crippen molar-refractivity contribution in [1.82, 2.24) is 0 Å². The number of ether oxygens (including phenoxy) is 1. The van der Waals surface area contributed by atoms with Gasteiger partial charge in [-0.15, -0.1) is 0 Å². The summed E-state index contributed by atoms with van der Waals surface area (Å²) in [6.45, 7) is 2.07. The molecule has 0 aliphatic heterocycles. The molecular formula is C14H21NO2. The minimum atomic E-state index is -0.282. The summed E-state index contributed by atoms with van der Waals surface area (Å²) in [7, 11) is 1.67. The fourth-order valence-corrected chi connectivity index (χ4v) is 2.71. The zero-order chi connectivity index (χ0) is 12.5. The van der Waals surface area contributed by atoms with Crippen LogP contribution in [0, 0.1) is 6.92 Å². The standard InChI is InChI=1S/C14H21NO2/c1-10-9-12(17-2)3-4-13(10)14(15)7-5-11(16)6-8-14/h3-4,9,11,16H,5-8,15H2,1-2H3. The molecule has 0 bridgehead atoms. The highest BCUT2D eigenvalue weighted by molar-refractivity contribution is 5.39. The smallest absolute Gasteiger partial charge is 0.119 e. The molecule has 0 atom stereocenters. The second kappa shape index (κ2) is 4.67. The van der Waals surface area contributed by atoms with Crippen molar-refractivity contribution in [3.63, 3.8) is 0 Å². The molecule has 1 aromatic rings. The topological polar surface area (TPSA) is 55.5 Å². The van der Waals surface area contributed by atoms with Gasteiger partial charge in [0.05, 0.1) is 13.2 Å². The number of aliphatic hydroxyl groups is 1. The lowest BCUT2D eigenvalue weighted by atomic mass is 9.75. The van der Waals surface area contributed by atoms with Crippen LogP contribution in [-0.4, -0.2) is 18.3 Å². The molecule has 0 heterocycles. The van der Waals surface area contributed by atoms with Crippen LogP contribution in [0.15, 0.2) is 18.2 Å². The fraction of sp³-hybridized carbons (Fsp3) is 0.571. The molecule has 0 unspecified atom stereocenters. The maximum absolute atomic E-state index is 9.56. The van der Waals surface area contributed by atoms with Crippen molar-refractivity contribution in [3.8, 4) is 5.75 Å². The average Bonchev–Trinajstić information content (AvgIpc) is 2.33. The summed E-state index contributed by atoms with van der Waals surface area (Å²) in [5, 5.41) is 9.56. The highest BCUT2D eigenvalue weighted by Gasteiger charge is 2.33. The summed E-state index contributed by atoms with van der Waals surface area (Å²) in [6.07, 6.45) is 3.11. The number of aliphatic hydroxyl groups excluding tert-OH is 1. The SMILES string of the molecule is COc1ccc(C2(N)CCC(O)CC2)c(C)c1. The second-order valence-corrected chi connectivity index (χ2v) is 5.07. The van der Waals surface area contributed by atoms with E-state index in [1.54, 1.807) is 7.11 Å². The minimum Gasteiger partial charge on any atom is -0.497 e. The van der Waals surface area contributed by atoms with Gasteiger partial charge in [0.1, 0.15) is 5.75 Å². The first-order valence-electron chi connectivity index (χ1n) is 6.17. The molecule has 94 valence electrons. The molecule has 1 saturated carbocycles. The van der Waals surface area contributed by atoms with E-state index >= 15 is 0 Å². The van der Waals surface area contributed by atoms with E-state index in [1.165, 1.54) is 11.1 Å². The first-order chi connectivity index (χ1) is 8.05. The van der Waals surface area contributed by atoms with Gasteiger partial charge in [-0.1, -0.05) is 6.07 Å². The Hall–Kier alpha value is -1.06. The number of methoxy groups -OCH3 is 1. The molecule has 17 heavy (non-hydrogen) atoms. The van der Waals surface area contributed by atoms with Gasteiger partial charge in [0.15, 0.2) is 0 Å². The second-order valence-electron chi connectivity index (χ2n) is 5.07. The van der Waals surface area contributed by atoms with Crippen molar-refractivity contribution in [3.05, 3.63) is 29.3 Å². The van der Waals surface area contributed by atoms with Crippen molar-refractivity contribution < 1.29 is 9.84 Å². The summed E-state index contributed by atoms with van der Waals surface area (Å²) in [4.78, 5) is 0. The Morgan fingerprint density at radius 3 is 2.53 bits per heavy atom. The zero-order valence-electron chi connectivity index (χ0n) is 10.6. The molecule has 1 aromatic carbocycles. The maximum atomic E-state index is 9.56. The third kappa shape index (κ3) is 2.45. The molecule has 0 radical (unpaired) electrons. The molecule has 3 heteroatoms. The summed E-state index contributed by atoms with van der Waals surface area (Å²) in [5.41, 5.74) is 8.56. The van der Waals surface area contributed by atoms with Crippen molar-refractivity contribution in [2.75, 3.05) is 7.11 Å². The van der Waals surface area contributed by atoms with Gasteiger partial charge < -0.3 is 15.6 Å². The molecule has 2 rings (SSSR count). The van der Waals surface area contributed by atoms with Crippen molar-refractivity contribution in [1.29, 1.82) is 0 Å². The number of nitrogens with two attached hydrogens (primary N) is 1. The van der Waals surface area contributed by atoms with Crippen LogP contribution in [0.25, 0.3) is 0 Å². The van der Waals surface area contributed by atoms with Crippen molar-refractivity contribution in [2.24, 2.45) is 5.73 Å². The average molecular weight is 235 g/mol. The first-order valence-corrected chi connectivity index (χ1v) is 6.17. The van der Waals surface area contributed by atoms with E-state index in [-0.39, 0.29) is 11.6 Å². The number of rotatable bonds is 2. The fourth-order valence-electron chi connectivity index (χ4n) is 2.71. The normalized spacial score (nSPS) is 29.1. The quantitative estimate of drug-likeness (QED) is 0.825. The van der Waals surface area contributed by atoms with Gasteiger partial charge in [0, 0.05) is 5.54 Å². The van der Waals surface area contributed by atoms with Gasteiger partial charge in [-0.2, -0.15) is 0 Å². The summed E-state index contributed by atoms with van der Waals surface area (Å²) < 4.78 is 5.21.